The van der Waals surface area contributed by atoms with Crippen molar-refractivity contribution in [2.75, 3.05) is 23.7 Å². The number of anilines is 1. The first kappa shape index (κ1) is 30.8. The highest BCUT2D eigenvalue weighted by atomic mass is 32.2. The lowest BCUT2D eigenvalue weighted by Gasteiger charge is -2.44. The number of amides is 1. The number of alkyl halides is 3. The number of pyridine rings is 1. The van der Waals surface area contributed by atoms with Crippen molar-refractivity contribution in [3.05, 3.63) is 94.7 Å². The third kappa shape index (κ3) is 5.47. The Hall–Kier alpha value is -4.26. The lowest BCUT2D eigenvalue weighted by molar-refractivity contribution is -0.137. The molecule has 6 rings (SSSR count). The van der Waals surface area contributed by atoms with Crippen LogP contribution in [-0.2, 0) is 17.5 Å². The van der Waals surface area contributed by atoms with E-state index >= 15 is 0 Å². The van der Waals surface area contributed by atoms with E-state index in [0.29, 0.717) is 0 Å². The van der Waals surface area contributed by atoms with Crippen LogP contribution in [-0.4, -0.2) is 56.3 Å². The molecular weight excluding hydrogens is 613 g/mol. The van der Waals surface area contributed by atoms with Crippen molar-refractivity contribution in [1.29, 1.82) is 0 Å². The molecule has 0 saturated carbocycles. The molecule has 234 valence electrons. The van der Waals surface area contributed by atoms with Gasteiger partial charge in [-0.25, -0.2) is 13.6 Å². The van der Waals surface area contributed by atoms with Gasteiger partial charge in [-0.1, -0.05) is 18.7 Å². The molecule has 0 spiro atoms. The zero-order chi connectivity index (χ0) is 32.2. The Morgan fingerprint density at radius 1 is 1.07 bits per heavy atom. The average molecular weight is 642 g/mol. The summed E-state index contributed by atoms with van der Waals surface area (Å²) >= 11 is 1.09. The van der Waals surface area contributed by atoms with E-state index in [2.05, 4.69) is 16.5 Å². The minimum absolute atomic E-state index is 0.0355. The van der Waals surface area contributed by atoms with E-state index in [9.17, 15) is 31.5 Å². The predicted molar refractivity (Wildman–Crippen MR) is 162 cm³/mol. The lowest BCUT2D eigenvalue weighted by atomic mass is 9.95. The van der Waals surface area contributed by atoms with Gasteiger partial charge in [0.2, 0.25) is 5.91 Å². The van der Waals surface area contributed by atoms with Gasteiger partial charge in [-0.15, -0.1) is 11.8 Å². The van der Waals surface area contributed by atoms with Gasteiger partial charge < -0.3 is 9.80 Å². The molecule has 0 aliphatic carbocycles. The number of rotatable bonds is 4. The van der Waals surface area contributed by atoms with Gasteiger partial charge in [-0.2, -0.15) is 18.2 Å². The largest absolute Gasteiger partial charge is 0.417 e. The Morgan fingerprint density at radius 3 is 2.38 bits per heavy atom. The SMILES string of the molecule is C=CC(=O)N1[C@H](C)CN(c2nc(=O)n3c4c(c(-c5ccc(F)cc5)c(C(F)(F)F)cc24)SC[C@H](c2ccncc2F)C3)C[C@@H]1C. The summed E-state index contributed by atoms with van der Waals surface area (Å²) in [4.78, 5) is 38.1. The van der Waals surface area contributed by atoms with Gasteiger partial charge in [0.25, 0.3) is 0 Å². The molecule has 1 saturated heterocycles. The number of carbonyl (C=O) groups is 1. The first-order chi connectivity index (χ1) is 21.4. The van der Waals surface area contributed by atoms with Gasteiger partial charge in [0.05, 0.1) is 17.3 Å². The Balaban J connectivity index is 1.63. The van der Waals surface area contributed by atoms with Crippen molar-refractivity contribution in [3.63, 3.8) is 0 Å². The summed E-state index contributed by atoms with van der Waals surface area (Å²) in [6.45, 7) is 7.57. The molecule has 45 heavy (non-hydrogen) atoms. The molecule has 0 radical (unpaired) electrons. The van der Waals surface area contributed by atoms with Gasteiger partial charge in [0.1, 0.15) is 17.5 Å². The fraction of sp³-hybridized carbons (Fsp3) is 0.312. The molecule has 2 aliphatic heterocycles. The predicted octanol–water partition coefficient (Wildman–Crippen LogP) is 6.26. The summed E-state index contributed by atoms with van der Waals surface area (Å²) in [5.41, 5.74) is -1.21. The second kappa shape index (κ2) is 11.6. The van der Waals surface area contributed by atoms with E-state index in [0.717, 1.165) is 36.2 Å². The van der Waals surface area contributed by atoms with E-state index in [1.54, 1.807) is 9.80 Å². The van der Waals surface area contributed by atoms with E-state index in [1.807, 2.05) is 13.8 Å². The number of thioether (sulfide) groups is 1. The zero-order valence-corrected chi connectivity index (χ0v) is 25.1. The van der Waals surface area contributed by atoms with Crippen LogP contribution < -0.4 is 10.6 Å². The standard InChI is InChI=1S/C32H28F5N5O2S/c1-4-26(43)42-17(2)13-40(14-18(42)3)30-23-11-24(32(35,36)37)27(19-5-7-21(33)8-6-19)29-28(23)41(31(44)39-30)15-20(16-45-29)22-9-10-38-12-25(22)34/h4-12,17-18,20H,1,13-16H2,2-3H3/t17-,18+,20-/m1/s1. The first-order valence-electron chi connectivity index (χ1n) is 14.3. The number of aromatic nitrogens is 3. The van der Waals surface area contributed by atoms with Gasteiger partial charge in [-0.05, 0) is 55.3 Å². The maximum atomic E-state index is 14.9. The highest BCUT2D eigenvalue weighted by Gasteiger charge is 2.40. The Kier molecular flexibility index (Phi) is 7.92. The van der Waals surface area contributed by atoms with Crippen LogP contribution in [0.4, 0.5) is 27.8 Å². The van der Waals surface area contributed by atoms with E-state index in [4.69, 9.17) is 0 Å². The van der Waals surface area contributed by atoms with Gasteiger partial charge in [-0.3, -0.25) is 14.3 Å². The van der Waals surface area contributed by atoms with Crippen molar-refractivity contribution < 1.29 is 26.7 Å². The molecule has 4 aromatic rings. The molecule has 0 N–H and O–H groups in total. The van der Waals surface area contributed by atoms with Crippen LogP contribution in [0.25, 0.3) is 22.0 Å². The first-order valence-corrected chi connectivity index (χ1v) is 15.2. The Morgan fingerprint density at radius 2 is 1.76 bits per heavy atom. The fourth-order valence-corrected chi connectivity index (χ4v) is 7.85. The topological polar surface area (TPSA) is 71.3 Å². The van der Waals surface area contributed by atoms with Crippen molar-refractivity contribution in [2.24, 2.45) is 0 Å². The maximum absolute atomic E-state index is 14.9. The number of hydrogen-bond donors (Lipinski definition) is 0. The van der Waals surface area contributed by atoms with E-state index in [1.165, 1.54) is 35.0 Å². The molecular formula is C32H28F5N5O2S. The van der Waals surface area contributed by atoms with Crippen molar-refractivity contribution in [2.45, 2.75) is 49.5 Å². The summed E-state index contributed by atoms with van der Waals surface area (Å²) in [6, 6.07) is 6.50. The van der Waals surface area contributed by atoms with Crippen LogP contribution in [0.3, 0.4) is 0 Å². The number of benzene rings is 2. The zero-order valence-electron chi connectivity index (χ0n) is 24.3. The van der Waals surface area contributed by atoms with Crippen LogP contribution in [0.1, 0.15) is 30.9 Å². The molecule has 1 amide bonds. The molecule has 2 aliphatic rings. The van der Waals surface area contributed by atoms with Gasteiger partial charge >= 0.3 is 11.9 Å². The van der Waals surface area contributed by atoms with Crippen LogP contribution >= 0.6 is 11.8 Å². The van der Waals surface area contributed by atoms with Gasteiger partial charge in [0, 0.05) is 65.4 Å². The van der Waals surface area contributed by atoms with Crippen molar-refractivity contribution >= 4 is 34.4 Å². The fourth-order valence-electron chi connectivity index (χ4n) is 6.47. The van der Waals surface area contributed by atoms with Crippen LogP contribution in [0.5, 0.6) is 0 Å². The highest BCUT2D eigenvalue weighted by Crippen LogP contribution is 2.49. The molecule has 0 bridgehead atoms. The average Bonchev–Trinajstić information content (AvgIpc) is 3.19. The van der Waals surface area contributed by atoms with Crippen LogP contribution in [0.2, 0.25) is 0 Å². The number of nitrogens with zero attached hydrogens (tertiary/aromatic N) is 5. The second-order valence-electron chi connectivity index (χ2n) is 11.3. The smallest absolute Gasteiger partial charge is 0.352 e. The van der Waals surface area contributed by atoms with E-state index < -0.39 is 35.0 Å². The summed E-state index contributed by atoms with van der Waals surface area (Å²) in [5.74, 6) is -1.85. The number of piperazine rings is 1. The summed E-state index contributed by atoms with van der Waals surface area (Å²) in [5, 5.41) is 0.106. The minimum atomic E-state index is -4.83. The molecule has 2 aromatic carbocycles. The quantitative estimate of drug-likeness (QED) is 0.194. The molecule has 13 heteroatoms. The van der Waals surface area contributed by atoms with Gasteiger partial charge in [0.15, 0.2) is 0 Å². The minimum Gasteiger partial charge on any atom is -0.352 e. The molecule has 2 aromatic heterocycles. The summed E-state index contributed by atoms with van der Waals surface area (Å²) in [6.07, 6.45) is -1.13. The van der Waals surface area contributed by atoms with Crippen LogP contribution in [0, 0.1) is 11.6 Å². The Bertz CT molecular complexity index is 1870. The summed E-state index contributed by atoms with van der Waals surface area (Å²) in [7, 11) is 0. The summed E-state index contributed by atoms with van der Waals surface area (Å²) < 4.78 is 74.9. The highest BCUT2D eigenvalue weighted by molar-refractivity contribution is 7.99. The molecule has 7 nitrogen and oxygen atoms in total. The maximum Gasteiger partial charge on any atom is 0.417 e. The normalized spacial score (nSPS) is 20.3. The lowest BCUT2D eigenvalue weighted by Crippen LogP contribution is -2.58. The third-order valence-corrected chi connectivity index (χ3v) is 9.62. The van der Waals surface area contributed by atoms with Crippen molar-refractivity contribution in [1.82, 2.24) is 19.4 Å². The molecule has 1 fully saturated rings. The van der Waals surface area contributed by atoms with Crippen LogP contribution in [0.15, 0.2) is 71.1 Å². The van der Waals surface area contributed by atoms with Crippen molar-refractivity contribution in [3.8, 4) is 11.1 Å². The number of halogens is 5. The third-order valence-electron chi connectivity index (χ3n) is 8.36. The Labute approximate surface area is 259 Å². The molecule has 4 heterocycles. The number of hydrogen-bond acceptors (Lipinski definition) is 6. The number of carbonyl (C=O) groups excluding carboxylic acids is 1. The second-order valence-corrected chi connectivity index (χ2v) is 12.3. The monoisotopic (exact) mass is 641 g/mol. The molecule has 3 atom stereocenters. The molecule has 0 unspecified atom stereocenters. The van der Waals surface area contributed by atoms with E-state index in [-0.39, 0.29) is 81.7 Å².